The Morgan fingerprint density at radius 2 is 2.08 bits per heavy atom. The zero-order valence-corrected chi connectivity index (χ0v) is 14.1. The van der Waals surface area contributed by atoms with Crippen LogP contribution >= 0.6 is 0 Å². The molecule has 0 fully saturated rings. The molecule has 5 heteroatoms. The van der Waals surface area contributed by atoms with E-state index in [0.717, 1.165) is 47.6 Å². The molecule has 0 bridgehead atoms. The van der Waals surface area contributed by atoms with E-state index in [-0.39, 0.29) is 0 Å². The van der Waals surface area contributed by atoms with Crippen molar-refractivity contribution >= 4 is 5.82 Å². The number of aryl methyl sites for hydroxylation is 2. The molecule has 3 aromatic rings. The van der Waals surface area contributed by atoms with E-state index < -0.39 is 0 Å². The van der Waals surface area contributed by atoms with Crippen molar-refractivity contribution in [2.45, 2.75) is 32.1 Å². The summed E-state index contributed by atoms with van der Waals surface area (Å²) in [6.45, 7) is 1.90. The number of fused-ring (bicyclic) bond motifs is 1. The lowest BCUT2D eigenvalue weighted by molar-refractivity contribution is 0.575. The van der Waals surface area contributed by atoms with Gasteiger partial charge in [0.2, 0.25) is 0 Å². The molecule has 0 aliphatic heterocycles. The van der Waals surface area contributed by atoms with Gasteiger partial charge in [-0.05, 0) is 43.2 Å². The van der Waals surface area contributed by atoms with Crippen molar-refractivity contribution < 1.29 is 0 Å². The van der Waals surface area contributed by atoms with Crippen LogP contribution in [0.5, 0.6) is 0 Å². The van der Waals surface area contributed by atoms with E-state index in [2.05, 4.69) is 45.3 Å². The van der Waals surface area contributed by atoms with Gasteiger partial charge in [-0.25, -0.2) is 9.97 Å². The van der Waals surface area contributed by atoms with Crippen LogP contribution in [0, 0.1) is 18.3 Å². The fourth-order valence-corrected chi connectivity index (χ4v) is 3.75. The Kier molecular flexibility index (Phi) is 3.73. The molecular weight excluding hydrogens is 310 g/mol. The number of aromatic amines is 1. The third-order valence-electron chi connectivity index (χ3n) is 4.95. The largest absolute Gasteiger partial charge is 0.383 e. The standard InChI is InChI=1S/C20H19N5/c1-12-23-11-18(24-12)19-15-9-14(13-5-3-2-4-6-13)7-8-17(15)25-20(22)16(19)10-21/h2-6,11,14H,7-9H2,1H3,(H2,22,25)(H,23,24)/t14-/m1/s1. The Hall–Kier alpha value is -3.13. The highest BCUT2D eigenvalue weighted by Crippen LogP contribution is 2.39. The summed E-state index contributed by atoms with van der Waals surface area (Å²) in [6, 6.07) is 12.8. The summed E-state index contributed by atoms with van der Waals surface area (Å²) in [5.41, 5.74) is 11.7. The fraction of sp³-hybridized carbons (Fsp3) is 0.250. The first-order valence-electron chi connectivity index (χ1n) is 8.45. The van der Waals surface area contributed by atoms with Gasteiger partial charge in [0.15, 0.2) is 0 Å². The van der Waals surface area contributed by atoms with Crippen LogP contribution in [0.2, 0.25) is 0 Å². The van der Waals surface area contributed by atoms with Gasteiger partial charge >= 0.3 is 0 Å². The zero-order valence-electron chi connectivity index (χ0n) is 14.1. The number of pyridine rings is 1. The first-order chi connectivity index (χ1) is 12.2. The molecule has 0 radical (unpaired) electrons. The van der Waals surface area contributed by atoms with E-state index in [1.807, 2.05) is 13.0 Å². The highest BCUT2D eigenvalue weighted by atomic mass is 14.9. The number of rotatable bonds is 2. The minimum atomic E-state index is 0.307. The smallest absolute Gasteiger partial charge is 0.142 e. The molecule has 2 heterocycles. The summed E-state index contributed by atoms with van der Waals surface area (Å²) in [6.07, 6.45) is 4.54. The van der Waals surface area contributed by atoms with Crippen molar-refractivity contribution in [1.82, 2.24) is 15.0 Å². The lowest BCUT2D eigenvalue weighted by Crippen LogP contribution is -2.17. The molecule has 1 atom stereocenters. The maximum absolute atomic E-state index is 9.65. The van der Waals surface area contributed by atoms with E-state index >= 15 is 0 Å². The van der Waals surface area contributed by atoms with Crippen LogP contribution in [-0.2, 0) is 12.8 Å². The number of nitrogen functional groups attached to an aromatic ring is 1. The SMILES string of the molecule is Cc1ncc(-c2c(C#N)c(N)nc3c2C[C@H](c2ccccc2)CC3)[nH]1. The van der Waals surface area contributed by atoms with Crippen LogP contribution < -0.4 is 5.73 Å². The Labute approximate surface area is 146 Å². The van der Waals surface area contributed by atoms with E-state index in [1.54, 1.807) is 6.20 Å². The fourth-order valence-electron chi connectivity index (χ4n) is 3.75. The maximum Gasteiger partial charge on any atom is 0.142 e. The number of anilines is 1. The molecule has 4 rings (SSSR count). The summed E-state index contributed by atoms with van der Waals surface area (Å²) in [5, 5.41) is 9.65. The minimum absolute atomic E-state index is 0.307. The average Bonchev–Trinajstić information content (AvgIpc) is 3.07. The third kappa shape index (κ3) is 2.66. The predicted molar refractivity (Wildman–Crippen MR) is 96.9 cm³/mol. The first-order valence-corrected chi connectivity index (χ1v) is 8.45. The number of nitriles is 1. The zero-order chi connectivity index (χ0) is 17.4. The van der Waals surface area contributed by atoms with Crippen molar-refractivity contribution in [3.8, 4) is 17.3 Å². The Balaban J connectivity index is 1.87. The second kappa shape index (κ2) is 6.06. The molecule has 25 heavy (non-hydrogen) atoms. The molecule has 0 saturated carbocycles. The number of H-pyrrole nitrogens is 1. The molecule has 2 aromatic heterocycles. The highest BCUT2D eigenvalue weighted by molar-refractivity contribution is 5.77. The van der Waals surface area contributed by atoms with Crippen molar-refractivity contribution in [3.63, 3.8) is 0 Å². The number of nitrogens with two attached hydrogens (primary N) is 1. The van der Waals surface area contributed by atoms with Gasteiger partial charge in [0.05, 0.1) is 11.9 Å². The normalized spacial score (nSPS) is 16.2. The molecule has 1 aliphatic carbocycles. The predicted octanol–water partition coefficient (Wildman–Crippen LogP) is 3.51. The summed E-state index contributed by atoms with van der Waals surface area (Å²) in [5.74, 6) is 1.55. The van der Waals surface area contributed by atoms with Crippen LogP contribution in [-0.4, -0.2) is 15.0 Å². The molecule has 0 unspecified atom stereocenters. The molecule has 0 spiro atoms. The number of nitrogens with zero attached hydrogens (tertiary/aromatic N) is 3. The summed E-state index contributed by atoms with van der Waals surface area (Å²) in [4.78, 5) is 12.1. The van der Waals surface area contributed by atoms with Crippen LogP contribution in [0.3, 0.4) is 0 Å². The van der Waals surface area contributed by atoms with Crippen LogP contribution in [0.15, 0.2) is 36.5 Å². The molecule has 124 valence electrons. The molecule has 1 aromatic carbocycles. The lowest BCUT2D eigenvalue weighted by Gasteiger charge is -2.27. The number of nitrogens with one attached hydrogen (secondary N) is 1. The highest BCUT2D eigenvalue weighted by Gasteiger charge is 2.27. The number of hydrogen-bond acceptors (Lipinski definition) is 4. The van der Waals surface area contributed by atoms with Crippen molar-refractivity contribution in [3.05, 3.63) is 64.7 Å². The number of hydrogen-bond donors (Lipinski definition) is 2. The van der Waals surface area contributed by atoms with Gasteiger partial charge in [0.25, 0.3) is 0 Å². The van der Waals surface area contributed by atoms with Gasteiger partial charge in [-0.3, -0.25) is 0 Å². The van der Waals surface area contributed by atoms with Gasteiger partial charge in [0, 0.05) is 11.3 Å². The maximum atomic E-state index is 9.65. The summed E-state index contributed by atoms with van der Waals surface area (Å²) < 4.78 is 0. The lowest BCUT2D eigenvalue weighted by atomic mass is 9.79. The van der Waals surface area contributed by atoms with Crippen LogP contribution in [0.4, 0.5) is 5.82 Å². The second-order valence-electron chi connectivity index (χ2n) is 6.52. The summed E-state index contributed by atoms with van der Waals surface area (Å²) >= 11 is 0. The topological polar surface area (TPSA) is 91.4 Å². The molecule has 1 aliphatic rings. The van der Waals surface area contributed by atoms with Crippen molar-refractivity contribution in [2.24, 2.45) is 0 Å². The van der Waals surface area contributed by atoms with Gasteiger partial charge in [-0.1, -0.05) is 30.3 Å². The van der Waals surface area contributed by atoms with Gasteiger partial charge in [0.1, 0.15) is 23.3 Å². The van der Waals surface area contributed by atoms with E-state index in [4.69, 9.17) is 5.73 Å². The number of aromatic nitrogens is 3. The van der Waals surface area contributed by atoms with Crippen LogP contribution in [0.1, 0.15) is 40.5 Å². The molecule has 0 saturated heterocycles. The van der Waals surface area contributed by atoms with E-state index in [0.29, 0.717) is 17.3 Å². The molecule has 5 nitrogen and oxygen atoms in total. The quantitative estimate of drug-likeness (QED) is 0.752. The number of imidazole rings is 1. The van der Waals surface area contributed by atoms with Gasteiger partial charge < -0.3 is 10.7 Å². The van der Waals surface area contributed by atoms with Crippen molar-refractivity contribution in [2.75, 3.05) is 5.73 Å². The van der Waals surface area contributed by atoms with E-state index in [9.17, 15) is 5.26 Å². The van der Waals surface area contributed by atoms with E-state index in [1.165, 1.54) is 5.56 Å². The number of benzene rings is 1. The Morgan fingerprint density at radius 3 is 2.76 bits per heavy atom. The summed E-state index contributed by atoms with van der Waals surface area (Å²) in [7, 11) is 0. The molecule has 0 amide bonds. The van der Waals surface area contributed by atoms with Gasteiger partial charge in [-0.15, -0.1) is 0 Å². The van der Waals surface area contributed by atoms with Gasteiger partial charge in [-0.2, -0.15) is 5.26 Å². The van der Waals surface area contributed by atoms with Crippen molar-refractivity contribution in [1.29, 1.82) is 5.26 Å². The third-order valence-corrected chi connectivity index (χ3v) is 4.95. The van der Waals surface area contributed by atoms with Crippen LogP contribution in [0.25, 0.3) is 11.3 Å². The molecule has 3 N–H and O–H groups in total. The minimum Gasteiger partial charge on any atom is -0.383 e. The molecular formula is C20H19N5. The average molecular weight is 329 g/mol. The first kappa shape index (κ1) is 15.4. The second-order valence-corrected chi connectivity index (χ2v) is 6.52. The Bertz CT molecular complexity index is 966. The monoisotopic (exact) mass is 329 g/mol. The Morgan fingerprint density at radius 1 is 1.28 bits per heavy atom.